The summed E-state index contributed by atoms with van der Waals surface area (Å²) in [5, 5.41) is 12.1. The molecule has 0 radical (unpaired) electrons. The lowest BCUT2D eigenvalue weighted by Crippen LogP contribution is -2.03. The molecule has 0 aliphatic carbocycles. The number of hydrogen-bond donors (Lipinski definition) is 1. The highest BCUT2D eigenvalue weighted by Gasteiger charge is 2.02. The van der Waals surface area contributed by atoms with Crippen molar-refractivity contribution in [1.82, 2.24) is 4.98 Å². The van der Waals surface area contributed by atoms with Gasteiger partial charge in [-0.3, -0.25) is 0 Å². The Hall–Kier alpha value is -0.0600. The molecular formula is C9H15NOS2. The summed E-state index contributed by atoms with van der Waals surface area (Å²) in [4.78, 5) is 4.37. The average molecular weight is 217 g/mol. The molecule has 0 saturated heterocycles. The molecule has 0 aromatic carbocycles. The molecule has 1 heterocycles. The molecule has 74 valence electrons. The van der Waals surface area contributed by atoms with Gasteiger partial charge in [0.2, 0.25) is 0 Å². The SMILES string of the molecule is Cc1csc(CSCC(C)CO)n1. The Morgan fingerprint density at radius 3 is 3.00 bits per heavy atom. The Morgan fingerprint density at radius 2 is 2.46 bits per heavy atom. The number of aromatic nitrogens is 1. The van der Waals surface area contributed by atoms with Crippen LogP contribution < -0.4 is 0 Å². The van der Waals surface area contributed by atoms with Crippen LogP contribution in [0.4, 0.5) is 0 Å². The second kappa shape index (κ2) is 5.62. The first kappa shape index (κ1) is 11.0. The smallest absolute Gasteiger partial charge is 0.103 e. The van der Waals surface area contributed by atoms with Gasteiger partial charge in [-0.15, -0.1) is 11.3 Å². The Balaban J connectivity index is 2.20. The van der Waals surface area contributed by atoms with Crippen LogP contribution in [0.25, 0.3) is 0 Å². The number of thioether (sulfide) groups is 1. The molecule has 1 aromatic rings. The highest BCUT2D eigenvalue weighted by molar-refractivity contribution is 7.98. The molecule has 0 saturated carbocycles. The molecule has 1 N–H and O–H groups in total. The Bertz CT molecular complexity index is 250. The highest BCUT2D eigenvalue weighted by atomic mass is 32.2. The van der Waals surface area contributed by atoms with Gasteiger partial charge in [-0.25, -0.2) is 4.98 Å². The van der Waals surface area contributed by atoms with E-state index in [0.717, 1.165) is 17.2 Å². The standard InChI is InChI=1S/C9H15NOS2/c1-7(3-11)4-12-6-9-10-8(2)5-13-9/h5,7,11H,3-4,6H2,1-2H3. The van der Waals surface area contributed by atoms with Crippen molar-refractivity contribution in [3.8, 4) is 0 Å². The first-order valence-electron chi connectivity index (χ1n) is 4.32. The van der Waals surface area contributed by atoms with Crippen LogP contribution in [0.2, 0.25) is 0 Å². The minimum Gasteiger partial charge on any atom is -0.396 e. The van der Waals surface area contributed by atoms with Crippen molar-refractivity contribution in [2.75, 3.05) is 12.4 Å². The fourth-order valence-electron chi connectivity index (χ4n) is 0.869. The van der Waals surface area contributed by atoms with Crippen LogP contribution in [-0.2, 0) is 5.75 Å². The van der Waals surface area contributed by atoms with Crippen molar-refractivity contribution in [2.45, 2.75) is 19.6 Å². The van der Waals surface area contributed by atoms with Gasteiger partial charge < -0.3 is 5.11 Å². The van der Waals surface area contributed by atoms with Crippen LogP contribution in [0.1, 0.15) is 17.6 Å². The molecule has 0 fully saturated rings. The minimum atomic E-state index is 0.282. The van der Waals surface area contributed by atoms with Crippen molar-refractivity contribution >= 4 is 23.1 Å². The van der Waals surface area contributed by atoms with E-state index in [0.29, 0.717) is 5.92 Å². The van der Waals surface area contributed by atoms with E-state index in [2.05, 4.69) is 17.3 Å². The normalized spacial score (nSPS) is 13.2. The van der Waals surface area contributed by atoms with E-state index in [9.17, 15) is 0 Å². The quantitative estimate of drug-likeness (QED) is 0.821. The lowest BCUT2D eigenvalue weighted by molar-refractivity contribution is 0.250. The number of aryl methyl sites for hydroxylation is 1. The molecule has 0 aliphatic heterocycles. The van der Waals surface area contributed by atoms with Crippen molar-refractivity contribution in [3.05, 3.63) is 16.1 Å². The molecule has 1 atom stereocenters. The van der Waals surface area contributed by atoms with Crippen molar-refractivity contribution in [2.24, 2.45) is 5.92 Å². The van der Waals surface area contributed by atoms with E-state index < -0.39 is 0 Å². The second-order valence-electron chi connectivity index (χ2n) is 3.19. The van der Waals surface area contributed by atoms with Crippen LogP contribution in [0.15, 0.2) is 5.38 Å². The van der Waals surface area contributed by atoms with E-state index in [4.69, 9.17) is 5.11 Å². The molecule has 0 aliphatic rings. The fraction of sp³-hybridized carbons (Fsp3) is 0.667. The van der Waals surface area contributed by atoms with Gasteiger partial charge in [-0.05, 0) is 18.6 Å². The summed E-state index contributed by atoms with van der Waals surface area (Å²) in [6.45, 7) is 4.35. The summed E-state index contributed by atoms with van der Waals surface area (Å²) in [5.41, 5.74) is 1.11. The van der Waals surface area contributed by atoms with Crippen molar-refractivity contribution in [1.29, 1.82) is 0 Å². The van der Waals surface area contributed by atoms with E-state index in [1.54, 1.807) is 11.3 Å². The van der Waals surface area contributed by atoms with Crippen LogP contribution >= 0.6 is 23.1 Å². The van der Waals surface area contributed by atoms with Gasteiger partial charge in [0.1, 0.15) is 5.01 Å². The van der Waals surface area contributed by atoms with Crippen molar-refractivity contribution < 1.29 is 5.11 Å². The molecule has 13 heavy (non-hydrogen) atoms. The zero-order valence-electron chi connectivity index (χ0n) is 7.99. The number of hydrogen-bond acceptors (Lipinski definition) is 4. The van der Waals surface area contributed by atoms with Gasteiger partial charge >= 0.3 is 0 Å². The maximum absolute atomic E-state index is 8.81. The average Bonchev–Trinajstić information content (AvgIpc) is 2.51. The Kier molecular flexibility index (Phi) is 4.77. The third-order valence-corrected chi connectivity index (χ3v) is 4.04. The molecule has 1 rings (SSSR count). The number of thiazole rings is 1. The molecule has 0 spiro atoms. The summed E-state index contributed by atoms with van der Waals surface area (Å²) in [5.74, 6) is 2.38. The molecule has 0 amide bonds. The lowest BCUT2D eigenvalue weighted by atomic mass is 10.2. The third kappa shape index (κ3) is 4.11. The van der Waals surface area contributed by atoms with Crippen LogP contribution in [0.3, 0.4) is 0 Å². The Morgan fingerprint density at radius 1 is 1.69 bits per heavy atom. The maximum Gasteiger partial charge on any atom is 0.103 e. The lowest BCUT2D eigenvalue weighted by Gasteiger charge is -2.04. The minimum absolute atomic E-state index is 0.282. The maximum atomic E-state index is 8.81. The van der Waals surface area contributed by atoms with Gasteiger partial charge in [-0.1, -0.05) is 6.92 Å². The van der Waals surface area contributed by atoms with Gasteiger partial charge in [0.15, 0.2) is 0 Å². The summed E-state index contributed by atoms with van der Waals surface area (Å²) in [6.07, 6.45) is 0. The van der Waals surface area contributed by atoms with Crippen LogP contribution in [0, 0.1) is 12.8 Å². The zero-order chi connectivity index (χ0) is 9.68. The van der Waals surface area contributed by atoms with E-state index in [1.807, 2.05) is 18.7 Å². The number of rotatable bonds is 5. The predicted octanol–water partition coefficient (Wildman–Crippen LogP) is 2.31. The summed E-state index contributed by atoms with van der Waals surface area (Å²) >= 11 is 3.55. The third-order valence-electron chi connectivity index (χ3n) is 1.61. The van der Waals surface area contributed by atoms with Gasteiger partial charge in [0, 0.05) is 23.4 Å². The largest absolute Gasteiger partial charge is 0.396 e. The first-order valence-corrected chi connectivity index (χ1v) is 6.35. The number of aliphatic hydroxyl groups is 1. The first-order chi connectivity index (χ1) is 6.22. The highest BCUT2D eigenvalue weighted by Crippen LogP contribution is 2.18. The van der Waals surface area contributed by atoms with Crippen molar-refractivity contribution in [3.63, 3.8) is 0 Å². The zero-order valence-corrected chi connectivity index (χ0v) is 9.62. The van der Waals surface area contributed by atoms with Gasteiger partial charge in [0.05, 0.1) is 0 Å². The van der Waals surface area contributed by atoms with Gasteiger partial charge in [-0.2, -0.15) is 11.8 Å². The summed E-state index contributed by atoms with van der Waals surface area (Å²) < 4.78 is 0. The molecular weight excluding hydrogens is 202 g/mol. The molecule has 4 heteroatoms. The number of aliphatic hydroxyl groups excluding tert-OH is 1. The monoisotopic (exact) mass is 217 g/mol. The molecule has 0 bridgehead atoms. The van der Waals surface area contributed by atoms with Crippen LogP contribution in [0.5, 0.6) is 0 Å². The molecule has 1 unspecified atom stereocenters. The molecule has 1 aromatic heterocycles. The predicted molar refractivity (Wildman–Crippen MR) is 59.3 cm³/mol. The van der Waals surface area contributed by atoms with E-state index >= 15 is 0 Å². The topological polar surface area (TPSA) is 33.1 Å². The van der Waals surface area contributed by atoms with E-state index in [1.165, 1.54) is 5.01 Å². The Labute approximate surface area is 87.4 Å². The van der Waals surface area contributed by atoms with Gasteiger partial charge in [0.25, 0.3) is 0 Å². The summed E-state index contributed by atoms with van der Waals surface area (Å²) in [6, 6.07) is 0. The molecule has 2 nitrogen and oxygen atoms in total. The van der Waals surface area contributed by atoms with E-state index in [-0.39, 0.29) is 6.61 Å². The number of nitrogens with zero attached hydrogens (tertiary/aromatic N) is 1. The summed E-state index contributed by atoms with van der Waals surface area (Å²) in [7, 11) is 0. The second-order valence-corrected chi connectivity index (χ2v) is 5.16. The fourth-order valence-corrected chi connectivity index (χ4v) is 2.81. The van der Waals surface area contributed by atoms with Crippen LogP contribution in [-0.4, -0.2) is 22.5 Å².